The summed E-state index contributed by atoms with van der Waals surface area (Å²) in [5, 5.41) is 4.68. The number of carbonyl (C=O) groups is 2. The Morgan fingerprint density at radius 1 is 1.15 bits per heavy atom. The predicted molar refractivity (Wildman–Crippen MR) is 126 cm³/mol. The molecule has 2 amide bonds. The number of benzene rings is 1. The molecule has 0 radical (unpaired) electrons. The molecule has 0 aliphatic carbocycles. The molecular formula is C23H31ClN6O4. The second-order valence-corrected chi connectivity index (χ2v) is 9.41. The van der Waals surface area contributed by atoms with Gasteiger partial charge >= 0.3 is 0 Å². The van der Waals surface area contributed by atoms with Crippen LogP contribution in [0.2, 0.25) is 5.02 Å². The molecule has 2 aliphatic rings. The summed E-state index contributed by atoms with van der Waals surface area (Å²) >= 11 is 6.14. The van der Waals surface area contributed by atoms with Crippen LogP contribution in [0.25, 0.3) is 0 Å². The molecule has 184 valence electrons. The number of piperazine rings is 1. The van der Waals surface area contributed by atoms with E-state index in [-0.39, 0.29) is 37.9 Å². The maximum atomic E-state index is 13.2. The Morgan fingerprint density at radius 3 is 2.65 bits per heavy atom. The fourth-order valence-corrected chi connectivity index (χ4v) is 4.34. The van der Waals surface area contributed by atoms with Gasteiger partial charge in [0.2, 0.25) is 11.8 Å². The molecule has 3 heterocycles. The van der Waals surface area contributed by atoms with E-state index in [2.05, 4.69) is 15.0 Å². The van der Waals surface area contributed by atoms with Crippen molar-refractivity contribution in [1.82, 2.24) is 29.5 Å². The first-order valence-electron chi connectivity index (χ1n) is 11.4. The Labute approximate surface area is 204 Å². The van der Waals surface area contributed by atoms with Crippen LogP contribution in [0.4, 0.5) is 0 Å². The molecule has 2 fully saturated rings. The van der Waals surface area contributed by atoms with Gasteiger partial charge in [-0.3, -0.25) is 9.59 Å². The van der Waals surface area contributed by atoms with Crippen LogP contribution in [-0.4, -0.2) is 106 Å². The van der Waals surface area contributed by atoms with Crippen LogP contribution >= 0.6 is 11.6 Å². The zero-order chi connectivity index (χ0) is 24.1. The lowest BCUT2D eigenvalue weighted by Gasteiger charge is -2.43. The molecule has 0 N–H and O–H groups in total. The summed E-state index contributed by atoms with van der Waals surface area (Å²) < 4.78 is 13.8. The topological polar surface area (TPSA) is 93.0 Å². The quantitative estimate of drug-likeness (QED) is 0.573. The molecule has 2 aliphatic heterocycles. The van der Waals surface area contributed by atoms with Gasteiger partial charge in [0.1, 0.15) is 37.2 Å². The number of halogens is 1. The summed E-state index contributed by atoms with van der Waals surface area (Å²) in [6.07, 6.45) is 3.04. The van der Waals surface area contributed by atoms with Gasteiger partial charge in [-0.1, -0.05) is 11.6 Å². The van der Waals surface area contributed by atoms with Crippen LogP contribution in [0, 0.1) is 6.92 Å². The Kier molecular flexibility index (Phi) is 7.70. The highest BCUT2D eigenvalue weighted by atomic mass is 35.5. The van der Waals surface area contributed by atoms with Gasteiger partial charge in [0, 0.05) is 37.7 Å². The summed E-state index contributed by atoms with van der Waals surface area (Å²) in [4.78, 5) is 35.9. The Bertz CT molecular complexity index is 995. The average molecular weight is 491 g/mol. The summed E-state index contributed by atoms with van der Waals surface area (Å²) in [7, 11) is 2.05. The van der Waals surface area contributed by atoms with E-state index in [0.29, 0.717) is 37.0 Å². The van der Waals surface area contributed by atoms with Gasteiger partial charge in [-0.25, -0.2) is 9.67 Å². The van der Waals surface area contributed by atoms with Crippen molar-refractivity contribution >= 4 is 23.4 Å². The molecule has 0 spiro atoms. The van der Waals surface area contributed by atoms with E-state index in [1.165, 1.54) is 17.3 Å². The van der Waals surface area contributed by atoms with Crippen LogP contribution in [0.1, 0.15) is 12.0 Å². The molecule has 1 aromatic carbocycles. The van der Waals surface area contributed by atoms with Crippen molar-refractivity contribution in [2.75, 3.05) is 59.5 Å². The van der Waals surface area contributed by atoms with Gasteiger partial charge in [0.15, 0.2) is 0 Å². The van der Waals surface area contributed by atoms with Crippen molar-refractivity contribution in [1.29, 1.82) is 0 Å². The third kappa shape index (κ3) is 6.05. The van der Waals surface area contributed by atoms with E-state index in [1.54, 1.807) is 17.0 Å². The van der Waals surface area contributed by atoms with Crippen LogP contribution in [-0.2, 0) is 20.9 Å². The highest BCUT2D eigenvalue weighted by molar-refractivity contribution is 6.31. The van der Waals surface area contributed by atoms with Crippen LogP contribution in [0.3, 0.4) is 0 Å². The van der Waals surface area contributed by atoms with Gasteiger partial charge < -0.3 is 24.2 Å². The number of carbonyl (C=O) groups excluding carboxylic acids is 2. The number of rotatable bonds is 7. The van der Waals surface area contributed by atoms with Crippen molar-refractivity contribution in [2.24, 2.45) is 0 Å². The molecule has 4 rings (SSSR count). The zero-order valence-electron chi connectivity index (χ0n) is 19.7. The fraction of sp³-hybridized carbons (Fsp3) is 0.565. The molecule has 0 bridgehead atoms. The molecule has 0 unspecified atom stereocenters. The predicted octanol–water partition coefficient (Wildman–Crippen LogP) is 1.08. The standard InChI is InChI=1S/C23H31ClN6O4/c1-18-11-19(3-4-20(18)24)33-15-23(12-21(31)28-7-5-27(2)6-8-28)14-29(9-10-34-23)22(32)13-30-17-25-16-26-30/h3-4,11,16-17H,5-10,12-15H2,1-2H3/t23-/m1/s1. The minimum absolute atomic E-state index is 0.00885. The Balaban J connectivity index is 1.49. The summed E-state index contributed by atoms with van der Waals surface area (Å²) in [6, 6.07) is 5.43. The van der Waals surface area contributed by atoms with Crippen LogP contribution in [0.5, 0.6) is 5.75 Å². The SMILES string of the molecule is Cc1cc(OC[C@@]2(CC(=O)N3CCN(C)CC3)CN(C(=O)Cn3cncn3)CCO2)ccc1Cl. The number of ether oxygens (including phenoxy) is 2. The summed E-state index contributed by atoms with van der Waals surface area (Å²) in [6.45, 7) is 6.18. The van der Waals surface area contributed by atoms with E-state index in [4.69, 9.17) is 21.1 Å². The normalized spacial score (nSPS) is 21.5. The lowest BCUT2D eigenvalue weighted by atomic mass is 9.96. The zero-order valence-corrected chi connectivity index (χ0v) is 20.4. The van der Waals surface area contributed by atoms with E-state index in [0.717, 1.165) is 18.7 Å². The number of hydrogen-bond donors (Lipinski definition) is 0. The number of aromatic nitrogens is 3. The molecule has 34 heavy (non-hydrogen) atoms. The summed E-state index contributed by atoms with van der Waals surface area (Å²) in [5.41, 5.74) is -0.0551. The molecule has 11 heteroatoms. The third-order valence-electron chi connectivity index (χ3n) is 6.33. The lowest BCUT2D eigenvalue weighted by Crippen LogP contribution is -2.59. The van der Waals surface area contributed by atoms with Crippen molar-refractivity contribution in [3.8, 4) is 5.75 Å². The second kappa shape index (κ2) is 10.7. The first kappa shape index (κ1) is 24.4. The number of morpholine rings is 1. The lowest BCUT2D eigenvalue weighted by molar-refractivity contribution is -0.166. The van der Waals surface area contributed by atoms with E-state index < -0.39 is 5.60 Å². The highest BCUT2D eigenvalue weighted by Crippen LogP contribution is 2.27. The minimum Gasteiger partial charge on any atom is -0.490 e. The maximum Gasteiger partial charge on any atom is 0.244 e. The van der Waals surface area contributed by atoms with Crippen LogP contribution < -0.4 is 4.74 Å². The highest BCUT2D eigenvalue weighted by Gasteiger charge is 2.42. The molecule has 0 saturated carbocycles. The number of nitrogens with zero attached hydrogens (tertiary/aromatic N) is 6. The van der Waals surface area contributed by atoms with Gasteiger partial charge in [-0.05, 0) is 37.7 Å². The summed E-state index contributed by atoms with van der Waals surface area (Å²) in [5.74, 6) is 0.546. The molecule has 2 saturated heterocycles. The van der Waals surface area contributed by atoms with Gasteiger partial charge in [-0.2, -0.15) is 5.10 Å². The Hall–Kier alpha value is -2.69. The van der Waals surface area contributed by atoms with E-state index >= 15 is 0 Å². The molecule has 1 atom stereocenters. The largest absolute Gasteiger partial charge is 0.490 e. The minimum atomic E-state index is -0.954. The van der Waals surface area contributed by atoms with Crippen molar-refractivity contribution in [3.63, 3.8) is 0 Å². The number of aryl methyl sites for hydroxylation is 1. The fourth-order valence-electron chi connectivity index (χ4n) is 4.22. The van der Waals surface area contributed by atoms with E-state index in [9.17, 15) is 9.59 Å². The van der Waals surface area contributed by atoms with Crippen molar-refractivity contribution < 1.29 is 19.1 Å². The molecule has 10 nitrogen and oxygen atoms in total. The number of amides is 2. The molecule has 2 aromatic rings. The van der Waals surface area contributed by atoms with Crippen LogP contribution in [0.15, 0.2) is 30.9 Å². The van der Waals surface area contributed by atoms with Gasteiger partial charge in [-0.15, -0.1) is 0 Å². The van der Waals surface area contributed by atoms with E-state index in [1.807, 2.05) is 24.9 Å². The van der Waals surface area contributed by atoms with Gasteiger partial charge in [0.25, 0.3) is 0 Å². The first-order chi connectivity index (χ1) is 16.3. The second-order valence-electron chi connectivity index (χ2n) is 9.00. The number of hydrogen-bond acceptors (Lipinski definition) is 7. The average Bonchev–Trinajstić information content (AvgIpc) is 3.33. The number of likely N-dealkylation sites (N-methyl/N-ethyl adjacent to an activating group) is 1. The first-order valence-corrected chi connectivity index (χ1v) is 11.8. The van der Waals surface area contributed by atoms with Crippen molar-refractivity contribution in [2.45, 2.75) is 25.5 Å². The molecular weight excluding hydrogens is 460 g/mol. The molecule has 1 aromatic heterocycles. The van der Waals surface area contributed by atoms with Gasteiger partial charge in [0.05, 0.1) is 19.6 Å². The third-order valence-corrected chi connectivity index (χ3v) is 6.75. The maximum absolute atomic E-state index is 13.2. The monoisotopic (exact) mass is 490 g/mol. The smallest absolute Gasteiger partial charge is 0.244 e. The van der Waals surface area contributed by atoms with Crippen molar-refractivity contribution in [3.05, 3.63) is 41.4 Å². The Morgan fingerprint density at radius 2 is 1.94 bits per heavy atom.